The molecule has 1 aliphatic rings. The second-order valence-electron chi connectivity index (χ2n) is 5.15. The van der Waals surface area contributed by atoms with Crippen molar-refractivity contribution in [1.82, 2.24) is 5.32 Å². The first-order valence-corrected chi connectivity index (χ1v) is 8.50. The van der Waals surface area contributed by atoms with E-state index in [4.69, 9.17) is 5.11 Å². The smallest absolute Gasteiger partial charge is 0.335 e. The number of hydrogen-bond acceptors (Lipinski definition) is 4. The van der Waals surface area contributed by atoms with Gasteiger partial charge in [0.1, 0.15) is 0 Å². The van der Waals surface area contributed by atoms with Crippen molar-refractivity contribution >= 4 is 21.7 Å². The highest BCUT2D eigenvalue weighted by Crippen LogP contribution is 2.18. The van der Waals surface area contributed by atoms with Gasteiger partial charge in [0, 0.05) is 6.54 Å². The predicted octanol–water partition coefficient (Wildman–Crippen LogP) is 0.478. The zero-order valence-corrected chi connectivity index (χ0v) is 12.2. The average Bonchev–Trinajstić information content (AvgIpc) is 2.79. The highest BCUT2D eigenvalue weighted by Gasteiger charge is 2.32. The third kappa shape index (κ3) is 4.29. The fourth-order valence-electron chi connectivity index (χ4n) is 2.34. The highest BCUT2D eigenvalue weighted by atomic mass is 32.2. The molecule has 0 spiro atoms. The van der Waals surface area contributed by atoms with E-state index in [-0.39, 0.29) is 23.0 Å². The van der Waals surface area contributed by atoms with Crippen LogP contribution < -0.4 is 5.32 Å². The number of aromatic carboxylic acids is 1. The molecule has 0 radical (unpaired) electrons. The topological polar surface area (TPSA) is 101 Å². The van der Waals surface area contributed by atoms with E-state index in [0.29, 0.717) is 19.4 Å². The zero-order valence-electron chi connectivity index (χ0n) is 11.4. The van der Waals surface area contributed by atoms with Gasteiger partial charge in [-0.15, -0.1) is 0 Å². The Morgan fingerprint density at radius 2 is 2.10 bits per heavy atom. The lowest BCUT2D eigenvalue weighted by atomic mass is 10.1. The van der Waals surface area contributed by atoms with Crippen LogP contribution in [-0.2, 0) is 21.1 Å². The lowest BCUT2D eigenvalue weighted by Gasteiger charge is -2.09. The van der Waals surface area contributed by atoms with Gasteiger partial charge in [-0.3, -0.25) is 4.79 Å². The number of sulfone groups is 1. The first-order valence-electron chi connectivity index (χ1n) is 6.68. The molecule has 0 aliphatic carbocycles. The number of benzene rings is 1. The van der Waals surface area contributed by atoms with Gasteiger partial charge >= 0.3 is 5.97 Å². The number of nitrogens with one attached hydrogen (secondary N) is 1. The minimum absolute atomic E-state index is 0.0751. The van der Waals surface area contributed by atoms with Gasteiger partial charge in [-0.1, -0.05) is 12.1 Å². The molecule has 1 saturated heterocycles. The maximum atomic E-state index is 11.8. The average molecular weight is 311 g/mol. The maximum Gasteiger partial charge on any atom is 0.335 e. The molecular weight excluding hydrogens is 294 g/mol. The molecule has 6 nitrogen and oxygen atoms in total. The Morgan fingerprint density at radius 3 is 2.71 bits per heavy atom. The van der Waals surface area contributed by atoms with Crippen LogP contribution in [0.2, 0.25) is 0 Å². The van der Waals surface area contributed by atoms with Crippen molar-refractivity contribution in [1.29, 1.82) is 0 Å². The molecule has 1 amide bonds. The first-order chi connectivity index (χ1) is 9.87. The number of rotatable bonds is 5. The van der Waals surface area contributed by atoms with Crippen LogP contribution in [0.4, 0.5) is 0 Å². The molecule has 2 rings (SSSR count). The Hall–Kier alpha value is -1.89. The number of carbonyl (C=O) groups excluding carboxylic acids is 1. The predicted molar refractivity (Wildman–Crippen MR) is 76.9 cm³/mol. The molecule has 1 fully saturated rings. The van der Waals surface area contributed by atoms with E-state index in [1.165, 1.54) is 6.07 Å². The van der Waals surface area contributed by atoms with Gasteiger partial charge in [0.05, 0.1) is 23.0 Å². The summed E-state index contributed by atoms with van der Waals surface area (Å²) in [5, 5.41) is 11.6. The maximum absolute atomic E-state index is 11.8. The molecule has 7 heteroatoms. The Morgan fingerprint density at radius 1 is 1.33 bits per heavy atom. The zero-order chi connectivity index (χ0) is 15.5. The lowest BCUT2D eigenvalue weighted by Crippen LogP contribution is -2.32. The van der Waals surface area contributed by atoms with Crippen LogP contribution in [0.25, 0.3) is 0 Å². The van der Waals surface area contributed by atoms with Crippen molar-refractivity contribution in [3.05, 3.63) is 35.4 Å². The molecule has 1 unspecified atom stereocenters. The number of carboxylic acid groups (broad SMARTS) is 1. The molecular formula is C14H17NO5S. The van der Waals surface area contributed by atoms with Gasteiger partial charge in [-0.25, -0.2) is 13.2 Å². The molecule has 0 aromatic heterocycles. The Bertz CT molecular complexity index is 653. The van der Waals surface area contributed by atoms with E-state index < -0.39 is 21.7 Å². The molecule has 1 heterocycles. The summed E-state index contributed by atoms with van der Waals surface area (Å²) in [5.74, 6) is -1.69. The normalized spacial score (nSPS) is 20.1. The summed E-state index contributed by atoms with van der Waals surface area (Å²) in [6, 6.07) is 6.52. The third-order valence-electron chi connectivity index (χ3n) is 3.49. The minimum Gasteiger partial charge on any atom is -0.478 e. The summed E-state index contributed by atoms with van der Waals surface area (Å²) < 4.78 is 22.6. The standard InChI is InChI=1S/C14H17NO5S/c16-13(12-5-7-21(19,20)9-12)15-6-4-10-2-1-3-11(8-10)14(17)18/h1-3,8,12H,4-7,9H2,(H,15,16)(H,17,18). The summed E-state index contributed by atoms with van der Waals surface area (Å²) in [5.41, 5.74) is 1.02. The van der Waals surface area contributed by atoms with Crippen LogP contribution in [0.15, 0.2) is 24.3 Å². The highest BCUT2D eigenvalue weighted by molar-refractivity contribution is 7.91. The van der Waals surface area contributed by atoms with Crippen LogP contribution in [0, 0.1) is 5.92 Å². The molecule has 1 aromatic carbocycles. The van der Waals surface area contributed by atoms with Crippen LogP contribution in [0.3, 0.4) is 0 Å². The van der Waals surface area contributed by atoms with E-state index in [0.717, 1.165) is 5.56 Å². The van der Waals surface area contributed by atoms with E-state index in [1.807, 2.05) is 0 Å². The van der Waals surface area contributed by atoms with Crippen molar-refractivity contribution in [2.45, 2.75) is 12.8 Å². The molecule has 114 valence electrons. The minimum atomic E-state index is -3.06. The van der Waals surface area contributed by atoms with Gasteiger partial charge in [0.15, 0.2) is 9.84 Å². The molecule has 21 heavy (non-hydrogen) atoms. The number of hydrogen-bond donors (Lipinski definition) is 2. The molecule has 1 aromatic rings. The fraction of sp³-hybridized carbons (Fsp3) is 0.429. The van der Waals surface area contributed by atoms with E-state index in [2.05, 4.69) is 5.32 Å². The SMILES string of the molecule is O=C(O)c1cccc(CCNC(=O)C2CCS(=O)(=O)C2)c1. The van der Waals surface area contributed by atoms with Gasteiger partial charge in [0.25, 0.3) is 0 Å². The summed E-state index contributed by atoms with van der Waals surface area (Å²) in [6.45, 7) is 0.360. The number of carbonyl (C=O) groups is 2. The van der Waals surface area contributed by atoms with Crippen molar-refractivity contribution in [3.8, 4) is 0 Å². The van der Waals surface area contributed by atoms with Crippen molar-refractivity contribution < 1.29 is 23.1 Å². The quantitative estimate of drug-likeness (QED) is 0.823. The van der Waals surface area contributed by atoms with Crippen LogP contribution in [-0.4, -0.2) is 43.5 Å². The fourth-order valence-corrected chi connectivity index (χ4v) is 4.08. The van der Waals surface area contributed by atoms with E-state index in [1.54, 1.807) is 18.2 Å². The largest absolute Gasteiger partial charge is 0.478 e. The number of amides is 1. The van der Waals surface area contributed by atoms with E-state index in [9.17, 15) is 18.0 Å². The summed E-state index contributed by atoms with van der Waals surface area (Å²) in [6.07, 6.45) is 0.884. The van der Waals surface area contributed by atoms with Crippen LogP contribution in [0.1, 0.15) is 22.3 Å². The van der Waals surface area contributed by atoms with Gasteiger partial charge in [0.2, 0.25) is 5.91 Å². The summed E-state index contributed by atoms with van der Waals surface area (Å²) in [4.78, 5) is 22.7. The first kappa shape index (κ1) is 15.5. The van der Waals surface area contributed by atoms with Crippen molar-refractivity contribution in [2.75, 3.05) is 18.1 Å². The van der Waals surface area contributed by atoms with Crippen molar-refractivity contribution in [2.24, 2.45) is 5.92 Å². The summed E-state index contributed by atoms with van der Waals surface area (Å²) in [7, 11) is -3.06. The second-order valence-corrected chi connectivity index (χ2v) is 7.38. The molecule has 2 N–H and O–H groups in total. The molecule has 1 atom stereocenters. The Balaban J connectivity index is 1.83. The van der Waals surface area contributed by atoms with Gasteiger partial charge in [-0.05, 0) is 30.5 Å². The molecule has 1 aliphatic heterocycles. The Kier molecular flexibility index (Phi) is 4.62. The number of carboxylic acids is 1. The third-order valence-corrected chi connectivity index (χ3v) is 5.26. The Labute approximate surface area is 123 Å². The second kappa shape index (κ2) is 6.26. The molecule has 0 bridgehead atoms. The monoisotopic (exact) mass is 311 g/mol. The van der Waals surface area contributed by atoms with Gasteiger partial charge in [-0.2, -0.15) is 0 Å². The lowest BCUT2D eigenvalue weighted by molar-refractivity contribution is -0.124. The van der Waals surface area contributed by atoms with Crippen LogP contribution in [0.5, 0.6) is 0 Å². The van der Waals surface area contributed by atoms with Crippen LogP contribution >= 0.6 is 0 Å². The molecule has 0 saturated carbocycles. The van der Waals surface area contributed by atoms with E-state index >= 15 is 0 Å². The van der Waals surface area contributed by atoms with Gasteiger partial charge < -0.3 is 10.4 Å². The van der Waals surface area contributed by atoms with Crippen molar-refractivity contribution in [3.63, 3.8) is 0 Å². The summed E-state index contributed by atoms with van der Waals surface area (Å²) >= 11 is 0.